The first-order valence-corrected chi connectivity index (χ1v) is 7.03. The van der Waals surface area contributed by atoms with Gasteiger partial charge < -0.3 is 15.2 Å². The van der Waals surface area contributed by atoms with Crippen molar-refractivity contribution < 1.29 is 14.3 Å². The fraction of sp³-hybridized carbons (Fsp3) is 0.462. The Morgan fingerprint density at radius 3 is 2.89 bits per heavy atom. The molecule has 0 bridgehead atoms. The van der Waals surface area contributed by atoms with Crippen LogP contribution in [0.15, 0.2) is 18.2 Å². The topological polar surface area (TPSA) is 61.5 Å². The minimum atomic E-state index is -0.388. The van der Waals surface area contributed by atoms with Gasteiger partial charge in [0.1, 0.15) is 5.75 Å². The van der Waals surface area contributed by atoms with Crippen LogP contribution in [0.2, 0.25) is 0 Å². The smallest absolute Gasteiger partial charge is 0.337 e. The van der Waals surface area contributed by atoms with Gasteiger partial charge in [0.05, 0.1) is 25.0 Å². The number of benzene rings is 1. The molecule has 0 heterocycles. The van der Waals surface area contributed by atoms with Gasteiger partial charge in [-0.15, -0.1) is 0 Å². The maximum absolute atomic E-state index is 11.4. The third-order valence-corrected chi connectivity index (χ3v) is 3.31. The standard InChI is InChI=1S/C13H19NO3S/c1-3-18-8-4-7-17-12-9-10(13(15)16-2)5-6-11(12)14/h5-6,9H,3-4,7-8,14H2,1-2H3. The number of nitrogen functional groups attached to an aromatic ring is 1. The zero-order valence-electron chi connectivity index (χ0n) is 10.8. The van der Waals surface area contributed by atoms with Crippen LogP contribution in [-0.4, -0.2) is 31.2 Å². The average Bonchev–Trinajstić information content (AvgIpc) is 2.39. The molecule has 1 aromatic carbocycles. The zero-order valence-corrected chi connectivity index (χ0v) is 11.6. The number of esters is 1. The van der Waals surface area contributed by atoms with E-state index in [0.717, 1.165) is 17.9 Å². The predicted octanol–water partition coefficient (Wildman–Crippen LogP) is 2.58. The molecule has 1 aromatic rings. The molecule has 0 aliphatic heterocycles. The summed E-state index contributed by atoms with van der Waals surface area (Å²) in [4.78, 5) is 11.4. The molecule has 0 saturated carbocycles. The summed E-state index contributed by atoms with van der Waals surface area (Å²) in [6.45, 7) is 2.73. The van der Waals surface area contributed by atoms with E-state index < -0.39 is 0 Å². The molecule has 5 heteroatoms. The van der Waals surface area contributed by atoms with Crippen molar-refractivity contribution in [2.45, 2.75) is 13.3 Å². The summed E-state index contributed by atoms with van der Waals surface area (Å²) in [7, 11) is 1.35. The first-order chi connectivity index (χ1) is 8.69. The lowest BCUT2D eigenvalue weighted by Gasteiger charge is -2.10. The van der Waals surface area contributed by atoms with Crippen molar-refractivity contribution in [3.63, 3.8) is 0 Å². The summed E-state index contributed by atoms with van der Waals surface area (Å²) in [6.07, 6.45) is 0.959. The number of anilines is 1. The predicted molar refractivity (Wildman–Crippen MR) is 75.3 cm³/mol. The molecule has 0 amide bonds. The van der Waals surface area contributed by atoms with Gasteiger partial charge in [0, 0.05) is 0 Å². The fourth-order valence-electron chi connectivity index (χ4n) is 1.39. The molecule has 0 aromatic heterocycles. The van der Waals surface area contributed by atoms with Crippen LogP contribution in [0.25, 0.3) is 0 Å². The van der Waals surface area contributed by atoms with Crippen LogP contribution in [0, 0.1) is 0 Å². The maximum Gasteiger partial charge on any atom is 0.337 e. The second kappa shape index (κ2) is 7.87. The van der Waals surface area contributed by atoms with Crippen molar-refractivity contribution in [3.05, 3.63) is 23.8 Å². The molecule has 0 radical (unpaired) electrons. The Morgan fingerprint density at radius 2 is 2.22 bits per heavy atom. The maximum atomic E-state index is 11.4. The SMILES string of the molecule is CCSCCCOc1cc(C(=O)OC)ccc1N. The van der Waals surface area contributed by atoms with E-state index in [-0.39, 0.29) is 5.97 Å². The molecule has 0 aliphatic carbocycles. The number of carbonyl (C=O) groups is 1. The highest BCUT2D eigenvalue weighted by Crippen LogP contribution is 2.23. The lowest BCUT2D eigenvalue weighted by atomic mass is 10.2. The largest absolute Gasteiger partial charge is 0.491 e. The van der Waals surface area contributed by atoms with E-state index in [0.29, 0.717) is 23.6 Å². The Labute approximate surface area is 112 Å². The van der Waals surface area contributed by atoms with E-state index in [1.165, 1.54) is 7.11 Å². The fourth-order valence-corrected chi connectivity index (χ4v) is 2.00. The van der Waals surface area contributed by atoms with E-state index in [2.05, 4.69) is 11.7 Å². The second-order valence-electron chi connectivity index (χ2n) is 3.64. The minimum absolute atomic E-state index is 0.388. The number of nitrogens with two attached hydrogens (primary N) is 1. The molecular formula is C13H19NO3S. The molecule has 0 aliphatic rings. The second-order valence-corrected chi connectivity index (χ2v) is 5.04. The van der Waals surface area contributed by atoms with Gasteiger partial charge in [0.25, 0.3) is 0 Å². The van der Waals surface area contributed by atoms with Gasteiger partial charge in [-0.05, 0) is 36.1 Å². The Hall–Kier alpha value is -1.36. The third kappa shape index (κ3) is 4.49. The summed E-state index contributed by atoms with van der Waals surface area (Å²) in [6, 6.07) is 4.90. The quantitative estimate of drug-likeness (QED) is 0.468. The van der Waals surface area contributed by atoms with Crippen LogP contribution in [0.1, 0.15) is 23.7 Å². The number of carbonyl (C=O) groups excluding carboxylic acids is 1. The lowest BCUT2D eigenvalue weighted by Crippen LogP contribution is -2.05. The van der Waals surface area contributed by atoms with Crippen LogP contribution >= 0.6 is 11.8 Å². The number of methoxy groups -OCH3 is 1. The van der Waals surface area contributed by atoms with Gasteiger partial charge in [0.15, 0.2) is 0 Å². The molecule has 0 spiro atoms. The molecule has 0 unspecified atom stereocenters. The van der Waals surface area contributed by atoms with Gasteiger partial charge in [-0.1, -0.05) is 6.92 Å². The Kier molecular flexibility index (Phi) is 6.43. The zero-order chi connectivity index (χ0) is 13.4. The van der Waals surface area contributed by atoms with E-state index in [4.69, 9.17) is 10.5 Å². The molecule has 1 rings (SSSR count). The van der Waals surface area contributed by atoms with Crippen molar-refractivity contribution in [2.24, 2.45) is 0 Å². The Bertz CT molecular complexity index is 396. The first kappa shape index (κ1) is 14.7. The first-order valence-electron chi connectivity index (χ1n) is 5.87. The van der Waals surface area contributed by atoms with Crippen molar-refractivity contribution in [3.8, 4) is 5.75 Å². The monoisotopic (exact) mass is 269 g/mol. The minimum Gasteiger partial charge on any atom is -0.491 e. The molecular weight excluding hydrogens is 250 g/mol. The molecule has 100 valence electrons. The molecule has 2 N–H and O–H groups in total. The normalized spacial score (nSPS) is 10.1. The third-order valence-electron chi connectivity index (χ3n) is 2.33. The van der Waals surface area contributed by atoms with Crippen LogP contribution in [-0.2, 0) is 4.74 Å². The van der Waals surface area contributed by atoms with Gasteiger partial charge in [0.2, 0.25) is 0 Å². The van der Waals surface area contributed by atoms with Crippen molar-refractivity contribution in [1.82, 2.24) is 0 Å². The molecule has 4 nitrogen and oxygen atoms in total. The average molecular weight is 269 g/mol. The number of hydrogen-bond acceptors (Lipinski definition) is 5. The van der Waals surface area contributed by atoms with E-state index in [1.54, 1.807) is 18.2 Å². The molecule has 0 atom stereocenters. The van der Waals surface area contributed by atoms with Crippen LogP contribution in [0.3, 0.4) is 0 Å². The lowest BCUT2D eigenvalue weighted by molar-refractivity contribution is 0.0600. The number of thioether (sulfide) groups is 1. The van der Waals surface area contributed by atoms with Gasteiger partial charge >= 0.3 is 5.97 Å². The number of ether oxygens (including phenoxy) is 2. The van der Waals surface area contributed by atoms with Crippen LogP contribution in [0.4, 0.5) is 5.69 Å². The van der Waals surface area contributed by atoms with Crippen LogP contribution < -0.4 is 10.5 Å². The van der Waals surface area contributed by atoms with E-state index in [1.807, 2.05) is 11.8 Å². The number of rotatable bonds is 7. The molecule has 18 heavy (non-hydrogen) atoms. The summed E-state index contributed by atoms with van der Waals surface area (Å²) in [5.41, 5.74) is 6.77. The highest BCUT2D eigenvalue weighted by molar-refractivity contribution is 7.99. The van der Waals surface area contributed by atoms with E-state index >= 15 is 0 Å². The summed E-state index contributed by atoms with van der Waals surface area (Å²) < 4.78 is 10.2. The van der Waals surface area contributed by atoms with Gasteiger partial charge in [-0.3, -0.25) is 0 Å². The van der Waals surface area contributed by atoms with Crippen molar-refractivity contribution in [2.75, 3.05) is 31.0 Å². The molecule has 0 saturated heterocycles. The number of hydrogen-bond donors (Lipinski definition) is 1. The Morgan fingerprint density at radius 1 is 1.44 bits per heavy atom. The molecule has 0 fully saturated rings. The van der Waals surface area contributed by atoms with Crippen LogP contribution in [0.5, 0.6) is 5.75 Å². The summed E-state index contributed by atoms with van der Waals surface area (Å²) in [5.74, 6) is 2.33. The van der Waals surface area contributed by atoms with Crippen molar-refractivity contribution in [1.29, 1.82) is 0 Å². The van der Waals surface area contributed by atoms with Crippen molar-refractivity contribution >= 4 is 23.4 Å². The van der Waals surface area contributed by atoms with Gasteiger partial charge in [-0.2, -0.15) is 11.8 Å². The summed E-state index contributed by atoms with van der Waals surface area (Å²) in [5, 5.41) is 0. The highest BCUT2D eigenvalue weighted by Gasteiger charge is 2.09. The highest BCUT2D eigenvalue weighted by atomic mass is 32.2. The summed E-state index contributed by atoms with van der Waals surface area (Å²) >= 11 is 1.87. The van der Waals surface area contributed by atoms with E-state index in [9.17, 15) is 4.79 Å². The van der Waals surface area contributed by atoms with Gasteiger partial charge in [-0.25, -0.2) is 4.79 Å². The Balaban J connectivity index is 2.56.